The fourth-order valence-electron chi connectivity index (χ4n) is 2.74. The van der Waals surface area contributed by atoms with Crippen LogP contribution in [0.5, 0.6) is 0 Å². The number of benzene rings is 1. The molecule has 1 aromatic carbocycles. The molecule has 0 bridgehead atoms. The normalized spacial score (nSPS) is 18.6. The van der Waals surface area contributed by atoms with Gasteiger partial charge in [-0.1, -0.05) is 29.8 Å². The van der Waals surface area contributed by atoms with Crippen molar-refractivity contribution in [2.45, 2.75) is 26.3 Å². The third-order valence-electron chi connectivity index (χ3n) is 3.78. The zero-order valence-electron chi connectivity index (χ0n) is 11.6. The fraction of sp³-hybridized carbons (Fsp3) is 0.500. The lowest BCUT2D eigenvalue weighted by Gasteiger charge is -2.35. The first-order chi connectivity index (χ1) is 8.72. The highest BCUT2D eigenvalue weighted by Crippen LogP contribution is 2.28. The van der Waals surface area contributed by atoms with Gasteiger partial charge in [0.05, 0.1) is 0 Å². The Labute approximate surface area is 111 Å². The van der Waals surface area contributed by atoms with Crippen LogP contribution in [0.2, 0.25) is 0 Å². The number of hydrogen-bond acceptors (Lipinski definition) is 2. The highest BCUT2D eigenvalue weighted by molar-refractivity contribution is 5.33. The third kappa shape index (κ3) is 3.01. The van der Waals surface area contributed by atoms with Crippen molar-refractivity contribution in [3.8, 4) is 0 Å². The maximum Gasteiger partial charge on any atom is 0.0386 e. The van der Waals surface area contributed by atoms with Gasteiger partial charge in [0.25, 0.3) is 0 Å². The molecule has 1 heterocycles. The SMILES string of the molecule is C=CC[C@@H](c1cc(C)ccc1C)N1CCNCC1. The molecule has 0 saturated carbocycles. The smallest absolute Gasteiger partial charge is 0.0386 e. The topological polar surface area (TPSA) is 15.3 Å². The predicted molar refractivity (Wildman–Crippen MR) is 77.9 cm³/mol. The van der Waals surface area contributed by atoms with Gasteiger partial charge in [-0.15, -0.1) is 6.58 Å². The van der Waals surface area contributed by atoms with Crippen LogP contribution in [0.4, 0.5) is 0 Å². The van der Waals surface area contributed by atoms with Crippen molar-refractivity contribution < 1.29 is 0 Å². The summed E-state index contributed by atoms with van der Waals surface area (Å²) in [6.45, 7) is 12.8. The van der Waals surface area contributed by atoms with Gasteiger partial charge in [-0.2, -0.15) is 0 Å². The lowest BCUT2D eigenvalue weighted by atomic mass is 9.95. The molecule has 0 spiro atoms. The van der Waals surface area contributed by atoms with Gasteiger partial charge in [-0.3, -0.25) is 4.90 Å². The largest absolute Gasteiger partial charge is 0.314 e. The van der Waals surface area contributed by atoms with Crippen LogP contribution in [-0.4, -0.2) is 31.1 Å². The van der Waals surface area contributed by atoms with E-state index in [4.69, 9.17) is 0 Å². The molecular formula is C16H24N2. The van der Waals surface area contributed by atoms with Gasteiger partial charge in [-0.05, 0) is 31.4 Å². The van der Waals surface area contributed by atoms with E-state index < -0.39 is 0 Å². The lowest BCUT2D eigenvalue weighted by molar-refractivity contribution is 0.174. The maximum absolute atomic E-state index is 3.93. The van der Waals surface area contributed by atoms with E-state index in [-0.39, 0.29) is 0 Å². The third-order valence-corrected chi connectivity index (χ3v) is 3.78. The Kier molecular flexibility index (Phi) is 4.56. The Morgan fingerprint density at radius 2 is 2.06 bits per heavy atom. The Morgan fingerprint density at radius 3 is 2.72 bits per heavy atom. The van der Waals surface area contributed by atoms with Crippen molar-refractivity contribution in [2.75, 3.05) is 26.2 Å². The van der Waals surface area contributed by atoms with Crippen molar-refractivity contribution in [1.82, 2.24) is 10.2 Å². The summed E-state index contributed by atoms with van der Waals surface area (Å²) in [6, 6.07) is 7.26. The van der Waals surface area contributed by atoms with E-state index in [1.165, 1.54) is 16.7 Å². The van der Waals surface area contributed by atoms with E-state index in [1.54, 1.807) is 0 Å². The molecular weight excluding hydrogens is 220 g/mol. The maximum atomic E-state index is 3.93. The molecule has 98 valence electrons. The molecule has 1 aromatic rings. The van der Waals surface area contributed by atoms with E-state index in [2.05, 4.69) is 54.9 Å². The monoisotopic (exact) mass is 244 g/mol. The molecule has 0 aliphatic carbocycles. The Hall–Kier alpha value is -1.12. The van der Waals surface area contributed by atoms with Crippen LogP contribution < -0.4 is 5.32 Å². The number of nitrogens with zero attached hydrogens (tertiary/aromatic N) is 1. The zero-order chi connectivity index (χ0) is 13.0. The van der Waals surface area contributed by atoms with Crippen LogP contribution in [0.1, 0.15) is 29.2 Å². The van der Waals surface area contributed by atoms with Crippen LogP contribution in [-0.2, 0) is 0 Å². The average Bonchev–Trinajstić information content (AvgIpc) is 2.40. The van der Waals surface area contributed by atoms with Crippen LogP contribution in [0.3, 0.4) is 0 Å². The molecule has 0 unspecified atom stereocenters. The Morgan fingerprint density at radius 1 is 1.33 bits per heavy atom. The standard InChI is InChI=1S/C16H24N2/c1-4-5-16(18-10-8-17-9-11-18)15-12-13(2)6-7-14(15)3/h4,6-7,12,16-17H,1,5,8-11H2,2-3H3/t16-/m0/s1. The van der Waals surface area contributed by atoms with Gasteiger partial charge in [0.2, 0.25) is 0 Å². The molecule has 18 heavy (non-hydrogen) atoms. The molecule has 1 saturated heterocycles. The average molecular weight is 244 g/mol. The van der Waals surface area contributed by atoms with Crippen LogP contribution in [0, 0.1) is 13.8 Å². The van der Waals surface area contributed by atoms with E-state index in [9.17, 15) is 0 Å². The second kappa shape index (κ2) is 6.17. The van der Waals surface area contributed by atoms with Crippen molar-refractivity contribution >= 4 is 0 Å². The van der Waals surface area contributed by atoms with Gasteiger partial charge in [0, 0.05) is 32.2 Å². The first kappa shape index (κ1) is 13.3. The van der Waals surface area contributed by atoms with E-state index in [1.807, 2.05) is 0 Å². The first-order valence-corrected chi connectivity index (χ1v) is 6.85. The van der Waals surface area contributed by atoms with Crippen molar-refractivity contribution in [1.29, 1.82) is 0 Å². The molecule has 0 aromatic heterocycles. The van der Waals surface area contributed by atoms with E-state index in [0.717, 1.165) is 32.6 Å². The summed E-state index contributed by atoms with van der Waals surface area (Å²) < 4.78 is 0. The first-order valence-electron chi connectivity index (χ1n) is 6.85. The number of nitrogens with one attached hydrogen (secondary N) is 1. The van der Waals surface area contributed by atoms with Crippen molar-refractivity contribution in [2.24, 2.45) is 0 Å². The molecule has 0 radical (unpaired) electrons. The summed E-state index contributed by atoms with van der Waals surface area (Å²) in [6.07, 6.45) is 3.08. The van der Waals surface area contributed by atoms with Gasteiger partial charge in [-0.25, -0.2) is 0 Å². The summed E-state index contributed by atoms with van der Waals surface area (Å²) >= 11 is 0. The Bertz CT molecular complexity index is 406. The number of rotatable bonds is 4. The summed E-state index contributed by atoms with van der Waals surface area (Å²) in [5.74, 6) is 0. The molecule has 1 N–H and O–H groups in total. The molecule has 1 aliphatic rings. The molecule has 0 amide bonds. The molecule has 1 fully saturated rings. The van der Waals surface area contributed by atoms with Gasteiger partial charge in [0.15, 0.2) is 0 Å². The van der Waals surface area contributed by atoms with Crippen LogP contribution in [0.15, 0.2) is 30.9 Å². The van der Waals surface area contributed by atoms with Gasteiger partial charge >= 0.3 is 0 Å². The summed E-state index contributed by atoms with van der Waals surface area (Å²) in [5.41, 5.74) is 4.21. The lowest BCUT2D eigenvalue weighted by Crippen LogP contribution is -2.45. The van der Waals surface area contributed by atoms with Crippen molar-refractivity contribution in [3.63, 3.8) is 0 Å². The summed E-state index contributed by atoms with van der Waals surface area (Å²) in [7, 11) is 0. The predicted octanol–water partition coefficient (Wildman–Crippen LogP) is 2.83. The summed E-state index contributed by atoms with van der Waals surface area (Å²) in [5, 5.41) is 3.42. The quantitative estimate of drug-likeness (QED) is 0.819. The highest BCUT2D eigenvalue weighted by atomic mass is 15.2. The molecule has 2 nitrogen and oxygen atoms in total. The molecule has 1 aliphatic heterocycles. The van der Waals surface area contributed by atoms with Gasteiger partial charge in [0.1, 0.15) is 0 Å². The van der Waals surface area contributed by atoms with Crippen LogP contribution >= 0.6 is 0 Å². The van der Waals surface area contributed by atoms with Crippen molar-refractivity contribution in [3.05, 3.63) is 47.5 Å². The fourth-order valence-corrected chi connectivity index (χ4v) is 2.74. The second-order valence-electron chi connectivity index (χ2n) is 5.19. The number of piperazine rings is 1. The minimum Gasteiger partial charge on any atom is -0.314 e. The highest BCUT2D eigenvalue weighted by Gasteiger charge is 2.22. The molecule has 2 heteroatoms. The van der Waals surface area contributed by atoms with E-state index >= 15 is 0 Å². The minimum atomic E-state index is 0.490. The second-order valence-corrected chi connectivity index (χ2v) is 5.19. The molecule has 1 atom stereocenters. The molecule has 2 rings (SSSR count). The van der Waals surface area contributed by atoms with Crippen LogP contribution in [0.25, 0.3) is 0 Å². The van der Waals surface area contributed by atoms with Gasteiger partial charge < -0.3 is 5.32 Å². The van der Waals surface area contributed by atoms with E-state index in [0.29, 0.717) is 6.04 Å². The number of hydrogen-bond donors (Lipinski definition) is 1. The summed E-state index contributed by atoms with van der Waals surface area (Å²) in [4.78, 5) is 2.58. The zero-order valence-corrected chi connectivity index (χ0v) is 11.6. The minimum absolute atomic E-state index is 0.490. The number of aryl methyl sites for hydroxylation is 2. The Balaban J connectivity index is 2.27.